The number of halogens is 6. The average molecular weight is 575 g/mol. The van der Waals surface area contributed by atoms with Gasteiger partial charge in [0, 0.05) is 12.5 Å². The van der Waals surface area contributed by atoms with Crippen molar-refractivity contribution in [1.82, 2.24) is 0 Å². The van der Waals surface area contributed by atoms with E-state index in [0.29, 0.717) is 12.1 Å². The number of hydrogen-bond acceptors (Lipinski definition) is 5. The Kier molecular flexibility index (Phi) is 7.68. The van der Waals surface area contributed by atoms with Gasteiger partial charge in [0.2, 0.25) is 0 Å². The Labute approximate surface area is 218 Å². The predicted molar refractivity (Wildman–Crippen MR) is 126 cm³/mol. The van der Waals surface area contributed by atoms with Gasteiger partial charge in [-0.3, -0.25) is 9.10 Å². The molecule has 1 aliphatic heterocycles. The van der Waals surface area contributed by atoms with Crippen LogP contribution in [0.1, 0.15) is 18.4 Å². The van der Waals surface area contributed by atoms with Crippen LogP contribution < -0.4 is 13.8 Å². The highest BCUT2D eigenvalue weighted by Crippen LogP contribution is 2.42. The molecule has 14 heteroatoms. The fourth-order valence-electron chi connectivity index (χ4n) is 4.01. The van der Waals surface area contributed by atoms with Gasteiger partial charge < -0.3 is 14.6 Å². The molecule has 0 radical (unpaired) electrons. The lowest BCUT2D eigenvalue weighted by Crippen LogP contribution is -2.43. The van der Waals surface area contributed by atoms with Gasteiger partial charge in [-0.25, -0.2) is 12.8 Å². The van der Waals surface area contributed by atoms with Crippen molar-refractivity contribution in [2.24, 2.45) is 0 Å². The Balaban J connectivity index is 1.81. The Bertz CT molecular complexity index is 1490. The van der Waals surface area contributed by atoms with E-state index in [1.807, 2.05) is 0 Å². The molecule has 0 saturated carbocycles. The van der Waals surface area contributed by atoms with E-state index in [4.69, 9.17) is 9.84 Å². The van der Waals surface area contributed by atoms with Gasteiger partial charge in [0.25, 0.3) is 10.0 Å². The molecular weight excluding hydrogens is 556 g/mol. The van der Waals surface area contributed by atoms with Crippen molar-refractivity contribution in [3.63, 3.8) is 0 Å². The van der Waals surface area contributed by atoms with Crippen molar-refractivity contribution in [3.05, 3.63) is 72.0 Å². The van der Waals surface area contributed by atoms with Gasteiger partial charge in [0.05, 0.1) is 22.7 Å². The van der Waals surface area contributed by atoms with Crippen LogP contribution in [0.4, 0.5) is 32.0 Å². The van der Waals surface area contributed by atoms with Crippen LogP contribution in [-0.4, -0.2) is 38.8 Å². The summed E-state index contributed by atoms with van der Waals surface area (Å²) in [5, 5.41) is 9.03. The van der Waals surface area contributed by atoms with Crippen LogP contribution >= 0.6 is 0 Å². The van der Waals surface area contributed by atoms with E-state index in [1.165, 1.54) is 18.2 Å². The second kappa shape index (κ2) is 10.7. The quantitative estimate of drug-likeness (QED) is 0.335. The Morgan fingerprint density at radius 3 is 2.49 bits per heavy atom. The molecule has 0 amide bonds. The van der Waals surface area contributed by atoms with E-state index in [9.17, 15) is 39.6 Å². The molecule has 0 fully saturated rings. The topological polar surface area (TPSA) is 93.1 Å². The van der Waals surface area contributed by atoms with Crippen molar-refractivity contribution in [1.29, 1.82) is 0 Å². The molecule has 0 unspecified atom stereocenters. The molecule has 1 N–H and O–H groups in total. The molecule has 4 rings (SSSR count). The number of fused-ring (bicyclic) bond motifs is 1. The summed E-state index contributed by atoms with van der Waals surface area (Å²) in [6.45, 7) is -3.67. The first-order valence-corrected chi connectivity index (χ1v) is 12.7. The molecule has 0 spiro atoms. The third kappa shape index (κ3) is 6.38. The highest BCUT2D eigenvalue weighted by Gasteiger charge is 2.37. The van der Waals surface area contributed by atoms with Crippen molar-refractivity contribution in [3.8, 4) is 22.6 Å². The Hall–Kier alpha value is -3.94. The molecule has 0 bridgehead atoms. The van der Waals surface area contributed by atoms with Crippen LogP contribution in [0.25, 0.3) is 11.1 Å². The van der Waals surface area contributed by atoms with E-state index in [0.717, 1.165) is 34.6 Å². The third-order valence-electron chi connectivity index (χ3n) is 5.75. The van der Waals surface area contributed by atoms with Crippen LogP contribution in [0.5, 0.6) is 11.5 Å². The number of aliphatic carboxylic acids is 1. The molecule has 7 nitrogen and oxygen atoms in total. The van der Waals surface area contributed by atoms with Crippen molar-refractivity contribution in [2.45, 2.75) is 36.6 Å². The van der Waals surface area contributed by atoms with E-state index in [1.54, 1.807) is 0 Å². The second-order valence-corrected chi connectivity index (χ2v) is 10.3. The molecule has 3 aromatic carbocycles. The number of nitrogens with zero attached hydrogens (tertiary/aromatic N) is 1. The fraction of sp³-hybridized carbons (Fsp3) is 0.240. The molecule has 1 aliphatic rings. The Morgan fingerprint density at radius 2 is 1.82 bits per heavy atom. The first kappa shape index (κ1) is 28.1. The van der Waals surface area contributed by atoms with Gasteiger partial charge in [0.15, 0.2) is 0 Å². The second-order valence-electron chi connectivity index (χ2n) is 8.47. The van der Waals surface area contributed by atoms with Crippen LogP contribution in [-0.2, 0) is 21.0 Å². The van der Waals surface area contributed by atoms with Gasteiger partial charge in [-0.05, 0) is 60.0 Å². The fourth-order valence-corrected chi connectivity index (χ4v) is 5.56. The predicted octanol–water partition coefficient (Wildman–Crippen LogP) is 5.93. The highest BCUT2D eigenvalue weighted by atomic mass is 32.2. The standard InChI is InChI=1S/C25H19F6NO6S/c26-17-8-15(9-19(12-17)38-24(27)28)14-4-6-22-21(10-14)32(13-18(37-22)5-7-23(33)34)39(35,36)20-3-1-2-16(11-20)25(29,30)31/h1-4,6,8-12,18,24H,5,7,13H2,(H,33,34)/t18-/m1/s1. The summed E-state index contributed by atoms with van der Waals surface area (Å²) in [5.41, 5.74) is -1.13. The Morgan fingerprint density at radius 1 is 1.08 bits per heavy atom. The highest BCUT2D eigenvalue weighted by molar-refractivity contribution is 7.92. The summed E-state index contributed by atoms with van der Waals surface area (Å²) in [7, 11) is -4.65. The zero-order valence-electron chi connectivity index (χ0n) is 19.7. The maximum Gasteiger partial charge on any atom is 0.416 e. The molecule has 1 atom stereocenters. The van der Waals surface area contributed by atoms with Crippen LogP contribution in [0, 0.1) is 5.82 Å². The zero-order valence-corrected chi connectivity index (χ0v) is 20.5. The summed E-state index contributed by atoms with van der Waals surface area (Å²) in [6.07, 6.45) is -6.25. The van der Waals surface area contributed by atoms with Crippen LogP contribution in [0.3, 0.4) is 0 Å². The van der Waals surface area contributed by atoms with E-state index in [2.05, 4.69) is 4.74 Å². The molecule has 3 aromatic rings. The summed E-state index contributed by atoms with van der Waals surface area (Å²) < 4.78 is 117. The van der Waals surface area contributed by atoms with Crippen molar-refractivity contribution >= 4 is 21.7 Å². The molecule has 0 saturated heterocycles. The maximum absolute atomic E-state index is 14.1. The van der Waals surface area contributed by atoms with Crippen molar-refractivity contribution < 1.29 is 54.1 Å². The van der Waals surface area contributed by atoms with Crippen molar-refractivity contribution in [2.75, 3.05) is 10.8 Å². The number of hydrogen-bond donors (Lipinski definition) is 1. The minimum atomic E-state index is -4.82. The number of sulfonamides is 1. The number of benzene rings is 3. The lowest BCUT2D eigenvalue weighted by molar-refractivity contribution is -0.138. The van der Waals surface area contributed by atoms with Crippen LogP contribution in [0.2, 0.25) is 0 Å². The monoisotopic (exact) mass is 575 g/mol. The molecule has 39 heavy (non-hydrogen) atoms. The van der Waals surface area contributed by atoms with Crippen LogP contribution in [0.15, 0.2) is 65.6 Å². The summed E-state index contributed by atoms with van der Waals surface area (Å²) in [6, 6.07) is 9.86. The van der Waals surface area contributed by atoms with E-state index in [-0.39, 0.29) is 35.4 Å². The molecule has 0 aromatic heterocycles. The van der Waals surface area contributed by atoms with Gasteiger partial charge in [0.1, 0.15) is 23.4 Å². The minimum absolute atomic E-state index is 0.0311. The van der Waals surface area contributed by atoms with E-state index >= 15 is 0 Å². The summed E-state index contributed by atoms with van der Waals surface area (Å²) in [5.74, 6) is -2.60. The number of alkyl halides is 5. The molecule has 0 aliphatic carbocycles. The van der Waals surface area contributed by atoms with Gasteiger partial charge in [-0.1, -0.05) is 12.1 Å². The molecule has 208 valence electrons. The van der Waals surface area contributed by atoms with Gasteiger partial charge in [-0.15, -0.1) is 0 Å². The van der Waals surface area contributed by atoms with E-state index < -0.39 is 63.5 Å². The first-order valence-electron chi connectivity index (χ1n) is 11.2. The number of carboxylic acids is 1. The average Bonchev–Trinajstić information content (AvgIpc) is 2.85. The number of carbonyl (C=O) groups is 1. The molecular formula is C25H19F6NO6S. The first-order chi connectivity index (χ1) is 18.2. The summed E-state index contributed by atoms with van der Waals surface area (Å²) >= 11 is 0. The summed E-state index contributed by atoms with van der Waals surface area (Å²) in [4.78, 5) is 10.4. The number of anilines is 1. The van der Waals surface area contributed by atoms with Gasteiger partial charge >= 0.3 is 18.8 Å². The zero-order chi connectivity index (χ0) is 28.5. The third-order valence-corrected chi connectivity index (χ3v) is 7.53. The number of rotatable bonds is 8. The number of carboxylic acid groups (broad SMARTS) is 1. The largest absolute Gasteiger partial charge is 0.486 e. The lowest BCUT2D eigenvalue weighted by atomic mass is 10.0. The smallest absolute Gasteiger partial charge is 0.416 e. The molecule has 1 heterocycles. The number of ether oxygens (including phenoxy) is 2. The maximum atomic E-state index is 14.1. The lowest BCUT2D eigenvalue weighted by Gasteiger charge is -2.36. The van der Waals surface area contributed by atoms with Gasteiger partial charge in [-0.2, -0.15) is 22.0 Å². The normalized spacial score (nSPS) is 15.6. The SMILES string of the molecule is O=C(O)CC[C@@H]1CN(S(=O)(=O)c2cccc(C(F)(F)F)c2)c2cc(-c3cc(F)cc(OC(F)F)c3)ccc2O1. The minimum Gasteiger partial charge on any atom is -0.486 e.